The van der Waals surface area contributed by atoms with Crippen LogP contribution in [0.4, 0.5) is 10.5 Å². The van der Waals surface area contributed by atoms with Crippen LogP contribution in [-0.4, -0.2) is 49.1 Å². The molecule has 0 saturated carbocycles. The van der Waals surface area contributed by atoms with E-state index >= 15 is 0 Å². The Morgan fingerprint density at radius 1 is 1.40 bits per heavy atom. The van der Waals surface area contributed by atoms with Crippen molar-refractivity contribution >= 4 is 29.7 Å². The lowest BCUT2D eigenvalue weighted by Crippen LogP contribution is -2.53. The van der Waals surface area contributed by atoms with Crippen molar-refractivity contribution < 1.29 is 14.3 Å². The summed E-state index contributed by atoms with van der Waals surface area (Å²) in [6.45, 7) is 9.11. The van der Waals surface area contributed by atoms with Crippen molar-refractivity contribution in [2.45, 2.75) is 45.8 Å². The summed E-state index contributed by atoms with van der Waals surface area (Å²) in [5.41, 5.74) is 0.783. The van der Waals surface area contributed by atoms with Gasteiger partial charge in [-0.2, -0.15) is 0 Å². The van der Waals surface area contributed by atoms with Gasteiger partial charge in [0, 0.05) is 25.7 Å². The summed E-state index contributed by atoms with van der Waals surface area (Å²) in [6.07, 6.45) is 1.40. The maximum atomic E-state index is 12.4. The van der Waals surface area contributed by atoms with Crippen LogP contribution in [0.15, 0.2) is 18.2 Å². The molecule has 1 saturated heterocycles. The summed E-state index contributed by atoms with van der Waals surface area (Å²) < 4.78 is 5.50. The first-order chi connectivity index (χ1) is 11.6. The molecule has 0 bridgehead atoms. The first kappa shape index (κ1) is 19.6. The van der Waals surface area contributed by atoms with Crippen molar-refractivity contribution in [1.82, 2.24) is 4.90 Å². The van der Waals surface area contributed by atoms with E-state index in [0.29, 0.717) is 23.0 Å². The Hall–Kier alpha value is -1.75. The number of hydrogen-bond donors (Lipinski definition) is 0. The van der Waals surface area contributed by atoms with E-state index in [1.165, 1.54) is 0 Å². The van der Waals surface area contributed by atoms with Crippen molar-refractivity contribution in [2.75, 3.05) is 25.0 Å². The van der Waals surface area contributed by atoms with Crippen LogP contribution in [0, 0.1) is 5.92 Å². The second-order valence-electron chi connectivity index (χ2n) is 7.67. The first-order valence-electron chi connectivity index (χ1n) is 8.58. The molecule has 0 N–H and O–H groups in total. The molecule has 0 radical (unpaired) electrons. The number of rotatable bonds is 3. The molecule has 1 aromatic carbocycles. The Bertz CT molecular complexity index is 642. The SMILES string of the molecule is C[C@@H]1CCN(c2c(Cl)cccc2C=O)C[C@H]1N(C)C(=O)OC(C)(C)C. The van der Waals surface area contributed by atoms with Gasteiger partial charge in [0.2, 0.25) is 0 Å². The molecule has 6 heteroatoms. The summed E-state index contributed by atoms with van der Waals surface area (Å²) in [7, 11) is 1.77. The van der Waals surface area contributed by atoms with E-state index in [2.05, 4.69) is 11.8 Å². The predicted molar refractivity (Wildman–Crippen MR) is 101 cm³/mol. The third-order valence-corrected chi connectivity index (χ3v) is 4.86. The van der Waals surface area contributed by atoms with Crippen LogP contribution in [-0.2, 0) is 4.74 Å². The summed E-state index contributed by atoms with van der Waals surface area (Å²) >= 11 is 6.35. The number of amides is 1. The standard InChI is InChI=1S/C19H27ClN2O3/c1-13-9-10-22(17-14(12-23)7-6-8-15(17)20)11-16(13)21(5)18(24)25-19(2,3)4/h6-8,12-13,16H,9-11H2,1-5H3/t13-,16-/m1/s1. The van der Waals surface area contributed by atoms with Crippen molar-refractivity contribution in [1.29, 1.82) is 0 Å². The van der Waals surface area contributed by atoms with Crippen molar-refractivity contribution in [2.24, 2.45) is 5.92 Å². The average Bonchev–Trinajstić information content (AvgIpc) is 2.53. The van der Waals surface area contributed by atoms with Gasteiger partial charge in [-0.05, 0) is 45.2 Å². The maximum absolute atomic E-state index is 12.4. The van der Waals surface area contributed by atoms with Crippen LogP contribution in [0.2, 0.25) is 5.02 Å². The number of carbonyl (C=O) groups excluding carboxylic acids is 2. The van der Waals surface area contributed by atoms with Gasteiger partial charge >= 0.3 is 6.09 Å². The van der Waals surface area contributed by atoms with Gasteiger partial charge in [0.25, 0.3) is 0 Å². The fourth-order valence-electron chi connectivity index (χ4n) is 3.19. The third kappa shape index (κ3) is 4.66. The zero-order chi connectivity index (χ0) is 18.8. The normalized spacial score (nSPS) is 21.0. The van der Waals surface area contributed by atoms with Crippen LogP contribution in [0.25, 0.3) is 0 Å². The van der Waals surface area contributed by atoms with E-state index in [0.717, 1.165) is 24.9 Å². The molecule has 0 aromatic heterocycles. The van der Waals surface area contributed by atoms with E-state index in [1.807, 2.05) is 20.8 Å². The Labute approximate surface area is 154 Å². The molecule has 5 nitrogen and oxygen atoms in total. The van der Waals surface area contributed by atoms with E-state index in [1.54, 1.807) is 30.1 Å². The second-order valence-corrected chi connectivity index (χ2v) is 8.07. The van der Waals surface area contributed by atoms with Crippen molar-refractivity contribution in [3.63, 3.8) is 0 Å². The van der Waals surface area contributed by atoms with Gasteiger partial charge in [0.05, 0.1) is 16.8 Å². The molecule has 1 amide bonds. The fraction of sp³-hybridized carbons (Fsp3) is 0.579. The van der Waals surface area contributed by atoms with Crippen LogP contribution in [0.3, 0.4) is 0 Å². The van der Waals surface area contributed by atoms with E-state index in [9.17, 15) is 9.59 Å². The fourth-order valence-corrected chi connectivity index (χ4v) is 3.49. The number of aldehydes is 1. The van der Waals surface area contributed by atoms with Gasteiger partial charge in [0.1, 0.15) is 5.60 Å². The van der Waals surface area contributed by atoms with Crippen molar-refractivity contribution in [3.8, 4) is 0 Å². The highest BCUT2D eigenvalue weighted by Gasteiger charge is 2.34. The zero-order valence-electron chi connectivity index (χ0n) is 15.6. The van der Waals surface area contributed by atoms with Crippen molar-refractivity contribution in [3.05, 3.63) is 28.8 Å². The van der Waals surface area contributed by atoms with E-state index in [-0.39, 0.29) is 12.1 Å². The van der Waals surface area contributed by atoms with Crippen LogP contribution < -0.4 is 4.90 Å². The number of halogens is 1. The highest BCUT2D eigenvalue weighted by atomic mass is 35.5. The highest BCUT2D eigenvalue weighted by molar-refractivity contribution is 6.33. The molecule has 0 aliphatic carbocycles. The number of nitrogens with zero attached hydrogens (tertiary/aromatic N) is 2. The molecule has 1 fully saturated rings. The number of carbonyl (C=O) groups is 2. The lowest BCUT2D eigenvalue weighted by atomic mass is 9.92. The summed E-state index contributed by atoms with van der Waals surface area (Å²) in [6, 6.07) is 5.30. The number of anilines is 1. The number of para-hydroxylation sites is 1. The van der Waals surface area contributed by atoms with Gasteiger partial charge in [0.15, 0.2) is 6.29 Å². The summed E-state index contributed by atoms with van der Waals surface area (Å²) in [5, 5.41) is 0.554. The van der Waals surface area contributed by atoms with Gasteiger partial charge in [-0.1, -0.05) is 24.6 Å². The largest absolute Gasteiger partial charge is 0.444 e. The topological polar surface area (TPSA) is 49.9 Å². The molecule has 25 heavy (non-hydrogen) atoms. The molecular weight excluding hydrogens is 340 g/mol. The lowest BCUT2D eigenvalue weighted by molar-refractivity contribution is 0.0159. The minimum absolute atomic E-state index is 0.0145. The molecule has 1 aliphatic rings. The number of ether oxygens (including phenoxy) is 1. The lowest BCUT2D eigenvalue weighted by Gasteiger charge is -2.43. The first-order valence-corrected chi connectivity index (χ1v) is 8.96. The molecule has 0 unspecified atom stereocenters. The highest BCUT2D eigenvalue weighted by Crippen LogP contribution is 2.33. The monoisotopic (exact) mass is 366 g/mol. The van der Waals surface area contributed by atoms with Gasteiger partial charge in [-0.15, -0.1) is 0 Å². The Balaban J connectivity index is 2.22. The summed E-state index contributed by atoms with van der Waals surface area (Å²) in [4.78, 5) is 27.6. The molecule has 2 rings (SSSR count). The van der Waals surface area contributed by atoms with Crippen LogP contribution in [0.1, 0.15) is 44.5 Å². The molecule has 1 aliphatic heterocycles. The minimum atomic E-state index is -0.531. The molecule has 2 atom stereocenters. The van der Waals surface area contributed by atoms with Gasteiger partial charge < -0.3 is 14.5 Å². The molecular formula is C19H27ClN2O3. The van der Waals surface area contributed by atoms with Crippen LogP contribution >= 0.6 is 11.6 Å². The number of likely N-dealkylation sites (N-methyl/N-ethyl adjacent to an activating group) is 1. The van der Waals surface area contributed by atoms with Crippen LogP contribution in [0.5, 0.6) is 0 Å². The Kier molecular flexibility index (Phi) is 5.99. The summed E-state index contributed by atoms with van der Waals surface area (Å²) in [5.74, 6) is 0.330. The zero-order valence-corrected chi connectivity index (χ0v) is 16.3. The minimum Gasteiger partial charge on any atom is -0.444 e. The quantitative estimate of drug-likeness (QED) is 0.751. The number of piperidine rings is 1. The average molecular weight is 367 g/mol. The molecule has 138 valence electrons. The number of hydrogen-bond acceptors (Lipinski definition) is 4. The third-order valence-electron chi connectivity index (χ3n) is 4.56. The Morgan fingerprint density at radius 2 is 2.08 bits per heavy atom. The molecule has 0 spiro atoms. The Morgan fingerprint density at radius 3 is 2.68 bits per heavy atom. The predicted octanol–water partition coefficient (Wildman–Crippen LogP) is 4.23. The second kappa shape index (κ2) is 7.65. The number of benzene rings is 1. The van der Waals surface area contributed by atoms with E-state index in [4.69, 9.17) is 16.3 Å². The maximum Gasteiger partial charge on any atom is 0.410 e. The van der Waals surface area contributed by atoms with Gasteiger partial charge in [-0.3, -0.25) is 4.79 Å². The van der Waals surface area contributed by atoms with E-state index < -0.39 is 5.60 Å². The molecule has 1 heterocycles. The van der Waals surface area contributed by atoms with Gasteiger partial charge in [-0.25, -0.2) is 4.79 Å². The smallest absolute Gasteiger partial charge is 0.410 e. The molecule has 1 aromatic rings.